The Morgan fingerprint density at radius 1 is 0.298 bits per heavy atom. The van der Waals surface area contributed by atoms with E-state index in [9.17, 15) is 0 Å². The summed E-state index contributed by atoms with van der Waals surface area (Å²) in [7, 11) is 0. The number of hydrogen-bond acceptors (Lipinski definition) is 6. The third-order valence-corrected chi connectivity index (χ3v) is 10.6. The number of aromatic nitrogens is 3. The molecule has 0 atom stereocenters. The van der Waals surface area contributed by atoms with E-state index in [4.69, 9.17) is 19.4 Å². The van der Waals surface area contributed by atoms with E-state index >= 15 is 0 Å². The zero-order chi connectivity index (χ0) is 37.7. The highest BCUT2D eigenvalue weighted by Gasteiger charge is 2.30. The first-order valence-electron chi connectivity index (χ1n) is 19.0. The monoisotopic (exact) mass is 731 g/mol. The van der Waals surface area contributed by atoms with Gasteiger partial charge in [0, 0.05) is 38.8 Å². The molecule has 0 N–H and O–H groups in total. The van der Waals surface area contributed by atoms with Gasteiger partial charge in [-0.15, -0.1) is 0 Å². The van der Waals surface area contributed by atoms with E-state index < -0.39 is 0 Å². The fourth-order valence-electron chi connectivity index (χ4n) is 7.92. The first-order chi connectivity index (χ1) is 28.2. The van der Waals surface area contributed by atoms with E-state index in [-0.39, 0.29) is 0 Å². The smallest absolute Gasteiger partial charge is 0.164 e. The Hall–Kier alpha value is -7.83. The Balaban J connectivity index is 1.02. The standard InChI is InChI=1S/C51H33N5O/c1-5-15-34(16-6-1)49-52-50(35-17-7-2-8-18-35)54-51(53-49)38-26-29-42-41-28-25-37(32-47(41)57-48(42)33-38)36-27-30-45-46(31-36)56(40-21-11-4-12-22-40)44-24-14-13-23-43(44)55(45)39-19-9-3-10-20-39/h1-33H. The molecular formula is C51H33N5O. The third-order valence-electron chi connectivity index (χ3n) is 10.6. The van der Waals surface area contributed by atoms with Gasteiger partial charge in [0.25, 0.3) is 0 Å². The van der Waals surface area contributed by atoms with Crippen LogP contribution >= 0.6 is 0 Å². The molecule has 0 radical (unpaired) electrons. The van der Waals surface area contributed by atoms with E-state index in [1.165, 1.54) is 0 Å². The molecular weight excluding hydrogens is 699 g/mol. The summed E-state index contributed by atoms with van der Waals surface area (Å²) >= 11 is 0. The van der Waals surface area contributed by atoms with Gasteiger partial charge in [0.2, 0.25) is 0 Å². The molecule has 11 rings (SSSR count). The summed E-state index contributed by atoms with van der Waals surface area (Å²) in [4.78, 5) is 19.5. The van der Waals surface area contributed by atoms with Crippen LogP contribution in [0.15, 0.2) is 205 Å². The summed E-state index contributed by atoms with van der Waals surface area (Å²) in [6.45, 7) is 0. The van der Waals surface area contributed by atoms with Gasteiger partial charge in [0.15, 0.2) is 17.5 Å². The zero-order valence-electron chi connectivity index (χ0n) is 30.7. The minimum Gasteiger partial charge on any atom is -0.456 e. The Morgan fingerprint density at radius 3 is 1.23 bits per heavy atom. The van der Waals surface area contributed by atoms with Crippen molar-refractivity contribution in [1.82, 2.24) is 15.0 Å². The molecule has 0 amide bonds. The van der Waals surface area contributed by atoms with E-state index in [1.807, 2.05) is 66.7 Å². The highest BCUT2D eigenvalue weighted by atomic mass is 16.3. The van der Waals surface area contributed by atoms with Gasteiger partial charge in [-0.25, -0.2) is 15.0 Å². The van der Waals surface area contributed by atoms with Gasteiger partial charge < -0.3 is 14.2 Å². The predicted molar refractivity (Wildman–Crippen MR) is 232 cm³/mol. The zero-order valence-corrected chi connectivity index (χ0v) is 30.7. The Morgan fingerprint density at radius 2 is 0.684 bits per heavy atom. The van der Waals surface area contributed by atoms with Crippen molar-refractivity contribution in [1.29, 1.82) is 0 Å². The number of furan rings is 1. The van der Waals surface area contributed by atoms with Crippen LogP contribution in [0.5, 0.6) is 0 Å². The van der Waals surface area contributed by atoms with E-state index in [1.54, 1.807) is 0 Å². The van der Waals surface area contributed by atoms with Crippen LogP contribution in [0.2, 0.25) is 0 Å². The van der Waals surface area contributed by atoms with Crippen molar-refractivity contribution in [3.63, 3.8) is 0 Å². The number of hydrogen-bond donors (Lipinski definition) is 0. The highest BCUT2D eigenvalue weighted by Crippen LogP contribution is 2.54. The molecule has 0 fully saturated rings. The van der Waals surface area contributed by atoms with Gasteiger partial charge in [-0.2, -0.15) is 0 Å². The predicted octanol–water partition coefficient (Wildman–Crippen LogP) is 13.7. The first kappa shape index (κ1) is 32.6. The molecule has 2 aromatic heterocycles. The van der Waals surface area contributed by atoms with Crippen molar-refractivity contribution < 1.29 is 4.42 Å². The SMILES string of the molecule is c1ccc(-c2nc(-c3ccccc3)nc(-c3ccc4c(c3)oc3cc(-c5ccc6c(c5)N(c5ccccc5)c5ccccc5N6c5ccccc5)ccc34)n2)cc1. The minimum absolute atomic E-state index is 0.592. The largest absolute Gasteiger partial charge is 0.456 e. The normalized spacial score (nSPS) is 12.1. The van der Waals surface area contributed by atoms with Gasteiger partial charge in [-0.1, -0.05) is 127 Å². The second-order valence-corrected chi connectivity index (χ2v) is 14.1. The van der Waals surface area contributed by atoms with Crippen molar-refractivity contribution in [2.45, 2.75) is 0 Å². The summed E-state index contributed by atoms with van der Waals surface area (Å²) in [6.07, 6.45) is 0. The number of fused-ring (bicyclic) bond motifs is 5. The Kier molecular flexibility index (Phi) is 7.71. The van der Waals surface area contributed by atoms with E-state index in [2.05, 4.69) is 143 Å². The van der Waals surface area contributed by atoms with Crippen LogP contribution in [0.3, 0.4) is 0 Å². The molecule has 0 saturated carbocycles. The number of benzene rings is 8. The topological polar surface area (TPSA) is 58.3 Å². The van der Waals surface area contributed by atoms with E-state index in [0.29, 0.717) is 17.5 Å². The molecule has 0 unspecified atom stereocenters. The molecule has 1 aliphatic rings. The average Bonchev–Trinajstić information content (AvgIpc) is 3.66. The second kappa shape index (κ2) is 13.5. The Bertz CT molecular complexity index is 3020. The Labute approximate surface area is 329 Å². The maximum Gasteiger partial charge on any atom is 0.164 e. The lowest BCUT2D eigenvalue weighted by atomic mass is 9.98. The first-order valence-corrected chi connectivity index (χ1v) is 19.0. The lowest BCUT2D eigenvalue weighted by Crippen LogP contribution is -2.24. The fourth-order valence-corrected chi connectivity index (χ4v) is 7.92. The molecule has 10 aromatic rings. The van der Waals surface area contributed by atoms with Crippen molar-refractivity contribution in [2.75, 3.05) is 9.80 Å². The summed E-state index contributed by atoms with van der Waals surface area (Å²) in [5.41, 5.74) is 13.1. The lowest BCUT2D eigenvalue weighted by Gasteiger charge is -2.40. The van der Waals surface area contributed by atoms with Gasteiger partial charge in [-0.05, 0) is 83.9 Å². The van der Waals surface area contributed by atoms with Gasteiger partial charge >= 0.3 is 0 Å². The molecule has 6 heteroatoms. The van der Waals surface area contributed by atoms with Crippen LogP contribution in [-0.2, 0) is 0 Å². The highest BCUT2D eigenvalue weighted by molar-refractivity contribution is 6.07. The molecule has 0 aliphatic carbocycles. The molecule has 3 heterocycles. The maximum atomic E-state index is 6.64. The maximum absolute atomic E-state index is 6.64. The molecule has 0 saturated heterocycles. The molecule has 0 spiro atoms. The minimum atomic E-state index is 0.592. The number of nitrogens with zero attached hydrogens (tertiary/aromatic N) is 5. The average molecular weight is 732 g/mol. The number of para-hydroxylation sites is 4. The van der Waals surface area contributed by atoms with Crippen LogP contribution in [0.4, 0.5) is 34.1 Å². The van der Waals surface area contributed by atoms with Crippen LogP contribution < -0.4 is 9.80 Å². The molecule has 8 aromatic carbocycles. The number of rotatable bonds is 6. The van der Waals surface area contributed by atoms with Crippen LogP contribution in [0.1, 0.15) is 0 Å². The van der Waals surface area contributed by atoms with E-state index in [0.717, 1.165) is 83.9 Å². The van der Waals surface area contributed by atoms with Gasteiger partial charge in [-0.3, -0.25) is 0 Å². The number of anilines is 6. The second-order valence-electron chi connectivity index (χ2n) is 14.1. The summed E-state index contributed by atoms with van der Waals surface area (Å²) in [5, 5.41) is 2.09. The van der Waals surface area contributed by atoms with Crippen LogP contribution in [0.25, 0.3) is 67.2 Å². The van der Waals surface area contributed by atoms with Crippen molar-refractivity contribution in [3.8, 4) is 45.3 Å². The molecule has 1 aliphatic heterocycles. The molecule has 6 nitrogen and oxygen atoms in total. The van der Waals surface area contributed by atoms with Crippen molar-refractivity contribution in [2.24, 2.45) is 0 Å². The molecule has 0 bridgehead atoms. The van der Waals surface area contributed by atoms with Crippen LogP contribution in [0, 0.1) is 0 Å². The molecule has 268 valence electrons. The van der Waals surface area contributed by atoms with Gasteiger partial charge in [0.05, 0.1) is 22.7 Å². The van der Waals surface area contributed by atoms with Crippen molar-refractivity contribution >= 4 is 56.1 Å². The molecule has 57 heavy (non-hydrogen) atoms. The third kappa shape index (κ3) is 5.70. The lowest BCUT2D eigenvalue weighted by molar-refractivity contribution is 0.669. The quantitative estimate of drug-likeness (QED) is 0.170. The van der Waals surface area contributed by atoms with Gasteiger partial charge in [0.1, 0.15) is 11.2 Å². The van der Waals surface area contributed by atoms with Crippen LogP contribution in [-0.4, -0.2) is 15.0 Å². The summed E-state index contributed by atoms with van der Waals surface area (Å²) in [5.74, 6) is 1.84. The summed E-state index contributed by atoms with van der Waals surface area (Å²) < 4.78 is 6.64. The fraction of sp³-hybridized carbons (Fsp3) is 0. The summed E-state index contributed by atoms with van der Waals surface area (Å²) in [6, 6.07) is 69.3. The van der Waals surface area contributed by atoms with Crippen molar-refractivity contribution in [3.05, 3.63) is 200 Å².